The molecule has 0 aromatic heterocycles. The Bertz CT molecular complexity index is 1320. The van der Waals surface area contributed by atoms with Gasteiger partial charge in [-0.05, 0) is 69.2 Å². The molecular weight excluding hydrogens is 515 g/mol. The maximum atomic E-state index is 15.3. The molecule has 1 atom stereocenters. The van der Waals surface area contributed by atoms with Crippen LogP contribution in [-0.2, 0) is 16.6 Å². The monoisotopic (exact) mass is 556 g/mol. The topological polar surface area (TPSA) is 49.9 Å². The Labute approximate surface area is 243 Å². The fraction of sp³-hybridized carbons (Fsp3) is 0.429. The van der Waals surface area contributed by atoms with Crippen molar-refractivity contribution < 1.29 is 18.7 Å². The molecule has 3 aromatic carbocycles. The van der Waals surface area contributed by atoms with Gasteiger partial charge in [-0.1, -0.05) is 73.5 Å². The van der Waals surface area contributed by atoms with Crippen molar-refractivity contribution in [1.29, 1.82) is 0 Å². The maximum absolute atomic E-state index is 15.3. The third kappa shape index (κ3) is 6.32. The van der Waals surface area contributed by atoms with Gasteiger partial charge in [-0.3, -0.25) is 9.59 Å². The zero-order chi connectivity index (χ0) is 28.7. The highest BCUT2D eigenvalue weighted by atomic mass is 19.1. The summed E-state index contributed by atoms with van der Waals surface area (Å²) in [5, 5.41) is 0. The Morgan fingerprint density at radius 3 is 2.32 bits per heavy atom. The van der Waals surface area contributed by atoms with Gasteiger partial charge in [0, 0.05) is 25.2 Å². The number of carbonyl (C=O) groups is 2. The fourth-order valence-electron chi connectivity index (χ4n) is 6.59. The van der Waals surface area contributed by atoms with E-state index in [0.717, 1.165) is 37.7 Å². The molecule has 216 valence electrons. The SMILES string of the molecule is CCN1CCCCCN(C(=O)C2(c3ccccc3F)CCCC2)[C@H](Cc2ccccc2)COc2ccccc2C1=O. The number of halogens is 1. The zero-order valence-corrected chi connectivity index (χ0v) is 24.1. The quantitative estimate of drug-likeness (QED) is 0.347. The Kier molecular flexibility index (Phi) is 9.38. The number of rotatable bonds is 5. The normalized spacial score (nSPS) is 19.9. The number of fused-ring (bicyclic) bond motifs is 1. The van der Waals surface area contributed by atoms with Crippen molar-refractivity contribution in [2.45, 2.75) is 69.7 Å². The average Bonchev–Trinajstić information content (AvgIpc) is 3.50. The maximum Gasteiger partial charge on any atom is 0.257 e. The van der Waals surface area contributed by atoms with Crippen molar-refractivity contribution in [2.75, 3.05) is 26.2 Å². The predicted octanol–water partition coefficient (Wildman–Crippen LogP) is 6.80. The number of amides is 2. The lowest BCUT2D eigenvalue weighted by Crippen LogP contribution is -2.53. The first kappa shape index (κ1) is 28.8. The summed E-state index contributed by atoms with van der Waals surface area (Å²) in [5.41, 5.74) is 1.29. The highest BCUT2D eigenvalue weighted by Gasteiger charge is 2.47. The fourth-order valence-corrected chi connectivity index (χ4v) is 6.59. The molecule has 2 aliphatic rings. The summed E-state index contributed by atoms with van der Waals surface area (Å²) in [7, 11) is 0. The van der Waals surface area contributed by atoms with E-state index in [1.807, 2.05) is 65.3 Å². The molecule has 0 bridgehead atoms. The molecule has 6 heteroatoms. The van der Waals surface area contributed by atoms with Gasteiger partial charge in [-0.25, -0.2) is 4.39 Å². The number of benzene rings is 3. The average molecular weight is 557 g/mol. The van der Waals surface area contributed by atoms with E-state index < -0.39 is 5.41 Å². The molecule has 0 saturated heterocycles. The van der Waals surface area contributed by atoms with Gasteiger partial charge in [0.1, 0.15) is 18.2 Å². The van der Waals surface area contributed by atoms with E-state index in [0.29, 0.717) is 55.8 Å². The van der Waals surface area contributed by atoms with Crippen LogP contribution in [0.2, 0.25) is 0 Å². The number of ether oxygens (including phenoxy) is 1. The van der Waals surface area contributed by atoms with Gasteiger partial charge in [0.25, 0.3) is 5.91 Å². The van der Waals surface area contributed by atoms with E-state index in [1.54, 1.807) is 12.1 Å². The minimum Gasteiger partial charge on any atom is -0.491 e. The molecule has 5 rings (SSSR count). The molecule has 3 aromatic rings. The van der Waals surface area contributed by atoms with Gasteiger partial charge >= 0.3 is 0 Å². The third-order valence-electron chi connectivity index (χ3n) is 8.82. The lowest BCUT2D eigenvalue weighted by Gasteiger charge is -2.39. The van der Waals surface area contributed by atoms with E-state index in [1.165, 1.54) is 6.07 Å². The lowest BCUT2D eigenvalue weighted by atomic mass is 9.76. The Hall–Kier alpha value is -3.67. The van der Waals surface area contributed by atoms with Gasteiger partial charge < -0.3 is 14.5 Å². The van der Waals surface area contributed by atoms with Crippen LogP contribution in [0.4, 0.5) is 4.39 Å². The number of hydrogen-bond donors (Lipinski definition) is 0. The largest absolute Gasteiger partial charge is 0.491 e. The first-order valence-electron chi connectivity index (χ1n) is 15.1. The highest BCUT2D eigenvalue weighted by molar-refractivity contribution is 5.97. The van der Waals surface area contributed by atoms with E-state index in [9.17, 15) is 9.59 Å². The molecule has 1 saturated carbocycles. The second kappa shape index (κ2) is 13.3. The van der Waals surface area contributed by atoms with Crippen LogP contribution in [0.15, 0.2) is 78.9 Å². The second-order valence-electron chi connectivity index (χ2n) is 11.4. The Morgan fingerprint density at radius 1 is 0.878 bits per heavy atom. The summed E-state index contributed by atoms with van der Waals surface area (Å²) in [5.74, 6) is 0.195. The number of para-hydroxylation sites is 1. The second-order valence-corrected chi connectivity index (χ2v) is 11.4. The van der Waals surface area contributed by atoms with E-state index in [-0.39, 0.29) is 30.3 Å². The van der Waals surface area contributed by atoms with E-state index in [4.69, 9.17) is 4.74 Å². The summed E-state index contributed by atoms with van der Waals surface area (Å²) >= 11 is 0. The summed E-state index contributed by atoms with van der Waals surface area (Å²) in [6.07, 6.45) is 6.25. The van der Waals surface area contributed by atoms with Crippen molar-refractivity contribution in [3.8, 4) is 5.75 Å². The Morgan fingerprint density at radius 2 is 1.56 bits per heavy atom. The van der Waals surface area contributed by atoms with Gasteiger partial charge in [-0.15, -0.1) is 0 Å². The van der Waals surface area contributed by atoms with Gasteiger partial charge in [0.05, 0.1) is 17.0 Å². The molecule has 1 aliphatic heterocycles. The smallest absolute Gasteiger partial charge is 0.257 e. The summed E-state index contributed by atoms with van der Waals surface area (Å²) in [4.78, 5) is 32.1. The first-order valence-corrected chi connectivity index (χ1v) is 15.1. The third-order valence-corrected chi connectivity index (χ3v) is 8.82. The van der Waals surface area contributed by atoms with Crippen LogP contribution in [0.25, 0.3) is 0 Å². The molecular formula is C35H41FN2O3. The summed E-state index contributed by atoms with van der Waals surface area (Å²) < 4.78 is 21.7. The van der Waals surface area contributed by atoms with Crippen LogP contribution in [0, 0.1) is 5.82 Å². The molecule has 2 amide bonds. The molecule has 41 heavy (non-hydrogen) atoms. The molecule has 0 N–H and O–H groups in total. The molecule has 1 fully saturated rings. The molecule has 5 nitrogen and oxygen atoms in total. The number of nitrogens with zero attached hydrogens (tertiary/aromatic N) is 2. The van der Waals surface area contributed by atoms with Crippen LogP contribution in [0.5, 0.6) is 5.75 Å². The van der Waals surface area contributed by atoms with Crippen molar-refractivity contribution >= 4 is 11.8 Å². The zero-order valence-electron chi connectivity index (χ0n) is 24.1. The number of carbonyl (C=O) groups excluding carboxylic acids is 2. The minimum atomic E-state index is -0.874. The van der Waals surface area contributed by atoms with Gasteiger partial charge in [0.2, 0.25) is 5.91 Å². The highest BCUT2D eigenvalue weighted by Crippen LogP contribution is 2.44. The number of hydrogen-bond acceptors (Lipinski definition) is 3. The molecule has 0 spiro atoms. The predicted molar refractivity (Wildman–Crippen MR) is 160 cm³/mol. The minimum absolute atomic E-state index is 0.000880. The Balaban J connectivity index is 1.54. The van der Waals surface area contributed by atoms with Crippen molar-refractivity contribution in [1.82, 2.24) is 9.80 Å². The van der Waals surface area contributed by atoms with Crippen LogP contribution < -0.4 is 4.74 Å². The van der Waals surface area contributed by atoms with Crippen molar-refractivity contribution in [2.24, 2.45) is 0 Å². The molecule has 1 aliphatic carbocycles. The van der Waals surface area contributed by atoms with Crippen LogP contribution in [-0.4, -0.2) is 53.9 Å². The molecule has 1 heterocycles. The van der Waals surface area contributed by atoms with Crippen LogP contribution in [0.3, 0.4) is 0 Å². The van der Waals surface area contributed by atoms with Crippen LogP contribution >= 0.6 is 0 Å². The lowest BCUT2D eigenvalue weighted by molar-refractivity contribution is -0.140. The summed E-state index contributed by atoms with van der Waals surface area (Å²) in [6.45, 7) is 4.09. The molecule has 0 unspecified atom stereocenters. The van der Waals surface area contributed by atoms with Crippen LogP contribution in [0.1, 0.15) is 73.4 Å². The van der Waals surface area contributed by atoms with E-state index in [2.05, 4.69) is 12.1 Å². The van der Waals surface area contributed by atoms with Crippen molar-refractivity contribution in [3.05, 3.63) is 101 Å². The van der Waals surface area contributed by atoms with Gasteiger partial charge in [-0.2, -0.15) is 0 Å². The standard InChI is InChI=1S/C35H41FN2O3/c1-2-37-23-13-4-14-24-38(34(40)35(21-11-12-22-35)30-18-8-9-19-31(30)36)28(25-27-15-5-3-6-16-27)26-41-32-20-10-7-17-29(32)33(37)39/h3,5-10,15-20,28H,2,4,11-14,21-26H2,1H3/t28-/m1/s1. The molecule has 0 radical (unpaired) electrons. The first-order chi connectivity index (χ1) is 20.0. The van der Waals surface area contributed by atoms with E-state index >= 15 is 4.39 Å². The van der Waals surface area contributed by atoms with Crippen molar-refractivity contribution in [3.63, 3.8) is 0 Å². The van der Waals surface area contributed by atoms with Gasteiger partial charge in [0.15, 0.2) is 0 Å². The summed E-state index contributed by atoms with van der Waals surface area (Å²) in [6, 6.07) is 24.1.